The molecule has 0 radical (unpaired) electrons. The van der Waals surface area contributed by atoms with Crippen molar-refractivity contribution in [2.45, 2.75) is 37.6 Å². The number of nitrogens with two attached hydrogens (primary N) is 2. The molecule has 2 aromatic rings. The molecule has 0 aliphatic heterocycles. The van der Waals surface area contributed by atoms with E-state index >= 15 is 0 Å². The van der Waals surface area contributed by atoms with E-state index < -0.39 is 22.0 Å². The lowest BCUT2D eigenvalue weighted by molar-refractivity contribution is -0.138. The molecule has 10 nitrogen and oxygen atoms in total. The average molecular weight is 465 g/mol. The number of aliphatic carboxylic acids is 1. The Morgan fingerprint density at radius 2 is 1.81 bits per heavy atom. The van der Waals surface area contributed by atoms with Crippen molar-refractivity contribution >= 4 is 22.0 Å². The third kappa shape index (κ3) is 7.75. The average Bonchev–Trinajstić information content (AvgIpc) is 2.72. The molecular formula is C21H28N4O6S. The zero-order valence-electron chi connectivity index (χ0n) is 17.9. The number of carbonyl (C=O) groups is 1. The van der Waals surface area contributed by atoms with Gasteiger partial charge in [-0.25, -0.2) is 8.42 Å². The molecule has 0 amide bonds. The number of benzene rings is 2. The fourth-order valence-electron chi connectivity index (χ4n) is 2.82. The minimum absolute atomic E-state index is 0.0218. The Hall–Kier alpha value is -3.31. The Labute approximate surface area is 187 Å². The quantitative estimate of drug-likeness (QED) is 0.158. The van der Waals surface area contributed by atoms with Crippen molar-refractivity contribution in [1.29, 1.82) is 0 Å². The van der Waals surface area contributed by atoms with Crippen LogP contribution in [0.15, 0.2) is 52.5 Å². The monoisotopic (exact) mass is 464 g/mol. The molecule has 2 rings (SSSR count). The van der Waals surface area contributed by atoms with Gasteiger partial charge in [0.15, 0.2) is 0 Å². The van der Waals surface area contributed by atoms with Crippen LogP contribution in [0.25, 0.3) is 0 Å². The summed E-state index contributed by atoms with van der Waals surface area (Å²) in [6.07, 6.45) is 0.534. The van der Waals surface area contributed by atoms with E-state index in [4.69, 9.17) is 21.0 Å². The summed E-state index contributed by atoms with van der Waals surface area (Å²) >= 11 is 0. The third-order valence-electron chi connectivity index (χ3n) is 4.41. The Morgan fingerprint density at radius 1 is 1.12 bits per heavy atom. The third-order valence-corrected chi connectivity index (χ3v) is 6.02. The molecule has 0 fully saturated rings. The standard InChI is InChI=1S/C21H28N4O6S/c1-14-4-5-15(2)19(12-14)32(28,29)25-18(20(26)27)13-16-6-8-17(9-7-16)30-10-3-11-31-24-21(22)23/h4-9,12,18,25H,3,10-11,13H2,1-2H3,(H,26,27)(H4,22,23,24). The highest BCUT2D eigenvalue weighted by atomic mass is 32.2. The van der Waals surface area contributed by atoms with Crippen LogP contribution in [0.3, 0.4) is 0 Å². The fourth-order valence-corrected chi connectivity index (χ4v) is 4.34. The topological polar surface area (TPSA) is 166 Å². The molecule has 1 unspecified atom stereocenters. The van der Waals surface area contributed by atoms with Crippen LogP contribution < -0.4 is 20.9 Å². The van der Waals surface area contributed by atoms with Crippen molar-refractivity contribution in [3.05, 3.63) is 59.2 Å². The largest absolute Gasteiger partial charge is 0.493 e. The first-order chi connectivity index (χ1) is 15.1. The number of hydrogen-bond acceptors (Lipinski definition) is 6. The Bertz CT molecular complexity index is 1050. The molecule has 0 aliphatic rings. The molecule has 0 spiro atoms. The van der Waals surface area contributed by atoms with Crippen molar-refractivity contribution < 1.29 is 27.9 Å². The molecule has 0 aliphatic carbocycles. The fraction of sp³-hybridized carbons (Fsp3) is 0.333. The van der Waals surface area contributed by atoms with Crippen molar-refractivity contribution in [3.63, 3.8) is 0 Å². The number of nitrogens with zero attached hydrogens (tertiary/aromatic N) is 1. The van der Waals surface area contributed by atoms with E-state index in [-0.39, 0.29) is 23.9 Å². The summed E-state index contributed by atoms with van der Waals surface area (Å²) < 4.78 is 33.4. The highest BCUT2D eigenvalue weighted by molar-refractivity contribution is 7.89. The molecule has 174 valence electrons. The second kappa shape index (κ2) is 11.3. The number of nitrogens with one attached hydrogen (secondary N) is 1. The zero-order chi connectivity index (χ0) is 23.7. The van der Waals surface area contributed by atoms with Gasteiger partial charge in [0.05, 0.1) is 11.5 Å². The number of carboxylic acid groups (broad SMARTS) is 1. The number of sulfonamides is 1. The molecule has 2 aromatic carbocycles. The van der Waals surface area contributed by atoms with Crippen LogP contribution in [0.1, 0.15) is 23.1 Å². The van der Waals surface area contributed by atoms with E-state index in [0.29, 0.717) is 29.9 Å². The van der Waals surface area contributed by atoms with Gasteiger partial charge in [-0.3, -0.25) is 4.79 Å². The summed E-state index contributed by atoms with van der Waals surface area (Å²) in [7, 11) is -4.00. The molecule has 0 bridgehead atoms. The van der Waals surface area contributed by atoms with Gasteiger partial charge in [0.1, 0.15) is 18.4 Å². The van der Waals surface area contributed by atoms with Gasteiger partial charge in [0.25, 0.3) is 0 Å². The van der Waals surface area contributed by atoms with Crippen LogP contribution in [-0.2, 0) is 26.1 Å². The van der Waals surface area contributed by atoms with Gasteiger partial charge in [0.2, 0.25) is 16.0 Å². The van der Waals surface area contributed by atoms with Gasteiger partial charge in [-0.1, -0.05) is 24.3 Å². The van der Waals surface area contributed by atoms with E-state index in [2.05, 4.69) is 9.88 Å². The SMILES string of the molecule is Cc1ccc(C)c(S(=O)(=O)NC(Cc2ccc(OCCCON=C(N)N)cc2)C(=O)O)c1. The number of ether oxygens (including phenoxy) is 1. The van der Waals surface area contributed by atoms with Gasteiger partial charge in [-0.2, -0.15) is 4.72 Å². The van der Waals surface area contributed by atoms with Crippen LogP contribution in [0, 0.1) is 13.8 Å². The maximum atomic E-state index is 12.8. The van der Waals surface area contributed by atoms with Crippen molar-refractivity contribution in [3.8, 4) is 5.75 Å². The second-order valence-electron chi connectivity index (χ2n) is 7.18. The van der Waals surface area contributed by atoms with Gasteiger partial charge in [-0.15, -0.1) is 0 Å². The van der Waals surface area contributed by atoms with Crippen molar-refractivity contribution in [1.82, 2.24) is 4.72 Å². The summed E-state index contributed by atoms with van der Waals surface area (Å²) in [5.74, 6) is -0.837. The molecular weight excluding hydrogens is 436 g/mol. The van der Waals surface area contributed by atoms with Gasteiger partial charge in [0, 0.05) is 6.42 Å². The van der Waals surface area contributed by atoms with Crippen LogP contribution in [0.5, 0.6) is 5.75 Å². The number of carboxylic acids is 1. The molecule has 1 atom stereocenters. The molecule has 0 saturated carbocycles. The van der Waals surface area contributed by atoms with Crippen LogP contribution in [-0.4, -0.2) is 44.7 Å². The first kappa shape index (κ1) is 25.0. The van der Waals surface area contributed by atoms with Gasteiger partial charge in [-0.05, 0) is 60.3 Å². The number of guanidine groups is 1. The second-order valence-corrected chi connectivity index (χ2v) is 8.86. The molecule has 0 aromatic heterocycles. The maximum absolute atomic E-state index is 12.8. The summed E-state index contributed by atoms with van der Waals surface area (Å²) in [4.78, 5) is 16.6. The van der Waals surface area contributed by atoms with Crippen molar-refractivity contribution in [2.75, 3.05) is 13.2 Å². The molecule has 6 N–H and O–H groups in total. The summed E-state index contributed by atoms with van der Waals surface area (Å²) in [5.41, 5.74) is 12.2. The summed E-state index contributed by atoms with van der Waals surface area (Å²) in [6.45, 7) is 4.09. The van der Waals surface area contributed by atoms with Gasteiger partial charge < -0.3 is 26.1 Å². The number of oxime groups is 1. The number of hydrogen-bond donors (Lipinski definition) is 4. The smallest absolute Gasteiger partial charge is 0.322 e. The normalized spacial score (nSPS) is 12.1. The van der Waals surface area contributed by atoms with Crippen LogP contribution in [0.2, 0.25) is 0 Å². The van der Waals surface area contributed by atoms with Gasteiger partial charge >= 0.3 is 5.97 Å². The zero-order valence-corrected chi connectivity index (χ0v) is 18.8. The molecule has 0 heterocycles. The predicted molar refractivity (Wildman–Crippen MR) is 120 cm³/mol. The highest BCUT2D eigenvalue weighted by Gasteiger charge is 2.26. The minimum atomic E-state index is -4.00. The van der Waals surface area contributed by atoms with Crippen molar-refractivity contribution in [2.24, 2.45) is 16.6 Å². The minimum Gasteiger partial charge on any atom is -0.493 e. The number of aryl methyl sites for hydroxylation is 2. The first-order valence-corrected chi connectivity index (χ1v) is 11.3. The lowest BCUT2D eigenvalue weighted by Gasteiger charge is -2.17. The number of rotatable bonds is 12. The summed E-state index contributed by atoms with van der Waals surface area (Å²) in [6, 6.07) is 10.4. The van der Waals surface area contributed by atoms with E-state index in [1.165, 1.54) is 6.07 Å². The lowest BCUT2D eigenvalue weighted by Crippen LogP contribution is -2.42. The highest BCUT2D eigenvalue weighted by Crippen LogP contribution is 2.19. The van der Waals surface area contributed by atoms with E-state index in [9.17, 15) is 18.3 Å². The predicted octanol–water partition coefficient (Wildman–Crippen LogP) is 1.25. The Kier molecular flexibility index (Phi) is 8.85. The Morgan fingerprint density at radius 3 is 2.44 bits per heavy atom. The van der Waals surface area contributed by atoms with Crippen LogP contribution in [0.4, 0.5) is 0 Å². The van der Waals surface area contributed by atoms with E-state index in [1.807, 2.05) is 0 Å². The molecule has 32 heavy (non-hydrogen) atoms. The molecule has 11 heteroatoms. The molecule has 0 saturated heterocycles. The van der Waals surface area contributed by atoms with Crippen LogP contribution >= 0.6 is 0 Å². The maximum Gasteiger partial charge on any atom is 0.322 e. The van der Waals surface area contributed by atoms with E-state index in [0.717, 1.165) is 5.56 Å². The summed E-state index contributed by atoms with van der Waals surface area (Å²) in [5, 5.41) is 13.0. The first-order valence-electron chi connectivity index (χ1n) is 9.83. The van der Waals surface area contributed by atoms with E-state index in [1.54, 1.807) is 50.2 Å². The lowest BCUT2D eigenvalue weighted by atomic mass is 10.1. The Balaban J connectivity index is 1.97.